The van der Waals surface area contributed by atoms with E-state index >= 15 is 0 Å². The highest BCUT2D eigenvalue weighted by atomic mass is 32.2. The van der Waals surface area contributed by atoms with Crippen LogP contribution in [0.5, 0.6) is 0 Å². The maximum atomic E-state index is 11.5. The topological polar surface area (TPSA) is 46.2 Å². The van der Waals surface area contributed by atoms with Crippen LogP contribution in [0.1, 0.15) is 12.8 Å². The molecule has 0 spiro atoms. The molecule has 0 bridgehead atoms. The van der Waals surface area contributed by atoms with Gasteiger partial charge in [0, 0.05) is 12.8 Å². The van der Waals surface area contributed by atoms with E-state index in [2.05, 4.69) is 11.4 Å². The molecule has 0 aromatic carbocycles. The zero-order valence-electron chi connectivity index (χ0n) is 8.94. The molecule has 15 heavy (non-hydrogen) atoms. The van der Waals surface area contributed by atoms with Crippen LogP contribution in [0.15, 0.2) is 23.8 Å². The van der Waals surface area contributed by atoms with Crippen molar-refractivity contribution in [2.24, 2.45) is 5.92 Å². The van der Waals surface area contributed by atoms with Gasteiger partial charge in [-0.3, -0.25) is 0 Å². The molecular formula is C11H17NO2S. The second-order valence-electron chi connectivity index (χ2n) is 4.39. The molecule has 1 heterocycles. The third kappa shape index (κ3) is 2.49. The lowest BCUT2D eigenvalue weighted by atomic mass is 9.91. The predicted molar refractivity (Wildman–Crippen MR) is 61.4 cm³/mol. The first-order valence-electron chi connectivity index (χ1n) is 5.34. The van der Waals surface area contributed by atoms with E-state index in [4.69, 9.17) is 0 Å². The fourth-order valence-corrected chi connectivity index (χ4v) is 3.11. The SMILES string of the molecule is CS(=O)(=O)C1C=CC=C(C2CCNC2)C1. The van der Waals surface area contributed by atoms with Crippen LogP contribution in [0.25, 0.3) is 0 Å². The van der Waals surface area contributed by atoms with E-state index < -0.39 is 9.84 Å². The molecule has 2 aliphatic rings. The van der Waals surface area contributed by atoms with Crippen molar-refractivity contribution < 1.29 is 8.42 Å². The molecule has 1 aliphatic heterocycles. The summed E-state index contributed by atoms with van der Waals surface area (Å²) >= 11 is 0. The first-order chi connectivity index (χ1) is 7.07. The lowest BCUT2D eigenvalue weighted by Crippen LogP contribution is -2.22. The van der Waals surface area contributed by atoms with Crippen molar-refractivity contribution in [3.8, 4) is 0 Å². The predicted octanol–water partition coefficient (Wildman–Crippen LogP) is 0.895. The van der Waals surface area contributed by atoms with E-state index in [0.717, 1.165) is 19.5 Å². The Labute approximate surface area is 91.2 Å². The van der Waals surface area contributed by atoms with E-state index in [9.17, 15) is 8.42 Å². The average Bonchev–Trinajstić information content (AvgIpc) is 2.69. The molecule has 0 radical (unpaired) electrons. The highest BCUT2D eigenvalue weighted by Crippen LogP contribution is 2.27. The zero-order chi connectivity index (χ0) is 10.9. The van der Waals surface area contributed by atoms with Crippen molar-refractivity contribution in [1.82, 2.24) is 5.32 Å². The van der Waals surface area contributed by atoms with Gasteiger partial charge in [-0.2, -0.15) is 0 Å². The van der Waals surface area contributed by atoms with E-state index in [1.165, 1.54) is 11.8 Å². The van der Waals surface area contributed by atoms with Gasteiger partial charge in [0.25, 0.3) is 0 Å². The Morgan fingerprint density at radius 1 is 1.47 bits per heavy atom. The maximum Gasteiger partial charge on any atom is 0.154 e. The number of hydrogen-bond donors (Lipinski definition) is 1. The molecule has 1 aliphatic carbocycles. The van der Waals surface area contributed by atoms with Crippen LogP contribution in [0, 0.1) is 5.92 Å². The van der Waals surface area contributed by atoms with Gasteiger partial charge in [-0.15, -0.1) is 0 Å². The average molecular weight is 227 g/mol. The summed E-state index contributed by atoms with van der Waals surface area (Å²) in [7, 11) is -2.94. The summed E-state index contributed by atoms with van der Waals surface area (Å²) in [5.41, 5.74) is 1.29. The summed E-state index contributed by atoms with van der Waals surface area (Å²) < 4.78 is 22.9. The quantitative estimate of drug-likeness (QED) is 0.762. The molecule has 4 heteroatoms. The van der Waals surface area contributed by atoms with Crippen LogP contribution in [0.3, 0.4) is 0 Å². The number of nitrogens with one attached hydrogen (secondary N) is 1. The number of allylic oxidation sites excluding steroid dienone is 2. The molecule has 0 saturated carbocycles. The van der Waals surface area contributed by atoms with Crippen molar-refractivity contribution in [1.29, 1.82) is 0 Å². The molecule has 2 unspecified atom stereocenters. The maximum absolute atomic E-state index is 11.5. The Bertz CT molecular complexity index is 389. The lowest BCUT2D eigenvalue weighted by Gasteiger charge is -2.20. The summed E-state index contributed by atoms with van der Waals surface area (Å²) in [6, 6.07) is 0. The summed E-state index contributed by atoms with van der Waals surface area (Å²) in [6.07, 6.45) is 8.90. The third-order valence-corrected chi connectivity index (χ3v) is 4.63. The van der Waals surface area contributed by atoms with Gasteiger partial charge in [-0.05, 0) is 25.3 Å². The molecule has 0 aromatic rings. The monoisotopic (exact) mass is 227 g/mol. The van der Waals surface area contributed by atoms with Gasteiger partial charge in [-0.1, -0.05) is 23.8 Å². The van der Waals surface area contributed by atoms with E-state index in [1.807, 2.05) is 6.08 Å². The second-order valence-corrected chi connectivity index (χ2v) is 6.65. The first kappa shape index (κ1) is 10.9. The number of sulfone groups is 1. The smallest absolute Gasteiger partial charge is 0.154 e. The minimum absolute atomic E-state index is 0.307. The Morgan fingerprint density at radius 2 is 2.27 bits per heavy atom. The van der Waals surface area contributed by atoms with Gasteiger partial charge >= 0.3 is 0 Å². The number of hydrogen-bond acceptors (Lipinski definition) is 3. The zero-order valence-corrected chi connectivity index (χ0v) is 9.76. The lowest BCUT2D eigenvalue weighted by molar-refractivity contribution is 0.584. The molecule has 2 rings (SSSR count). The molecule has 84 valence electrons. The van der Waals surface area contributed by atoms with Crippen LogP contribution in [0.2, 0.25) is 0 Å². The highest BCUT2D eigenvalue weighted by Gasteiger charge is 2.26. The Balaban J connectivity index is 2.10. The molecule has 0 amide bonds. The van der Waals surface area contributed by atoms with E-state index in [-0.39, 0.29) is 5.25 Å². The third-order valence-electron chi connectivity index (χ3n) is 3.21. The van der Waals surface area contributed by atoms with Crippen molar-refractivity contribution in [3.05, 3.63) is 23.8 Å². The molecule has 1 saturated heterocycles. The standard InChI is InChI=1S/C11H17NO2S/c1-15(13,14)11-4-2-3-9(7-11)10-5-6-12-8-10/h2-4,10-12H,5-8H2,1H3. The molecule has 0 aromatic heterocycles. The fourth-order valence-electron chi connectivity index (χ4n) is 2.24. The van der Waals surface area contributed by atoms with Crippen LogP contribution in [-0.4, -0.2) is 33.0 Å². The minimum atomic E-state index is -2.94. The summed E-state index contributed by atoms with van der Waals surface area (Å²) in [5.74, 6) is 0.541. The Kier molecular flexibility index (Phi) is 2.98. The van der Waals surface area contributed by atoms with Gasteiger partial charge < -0.3 is 5.32 Å². The van der Waals surface area contributed by atoms with E-state index in [1.54, 1.807) is 6.08 Å². The molecule has 3 nitrogen and oxygen atoms in total. The van der Waals surface area contributed by atoms with Crippen molar-refractivity contribution in [2.45, 2.75) is 18.1 Å². The van der Waals surface area contributed by atoms with Gasteiger partial charge in [-0.25, -0.2) is 8.42 Å². The minimum Gasteiger partial charge on any atom is -0.316 e. The van der Waals surface area contributed by atoms with E-state index in [0.29, 0.717) is 12.3 Å². The second kappa shape index (κ2) is 4.10. The molecule has 1 N–H and O–H groups in total. The van der Waals surface area contributed by atoms with Gasteiger partial charge in [0.2, 0.25) is 0 Å². The highest BCUT2D eigenvalue weighted by molar-refractivity contribution is 7.91. The summed E-state index contributed by atoms with van der Waals surface area (Å²) in [6.45, 7) is 2.05. The Hall–Kier alpha value is -0.610. The molecule has 1 fully saturated rings. The van der Waals surface area contributed by atoms with Crippen molar-refractivity contribution >= 4 is 9.84 Å². The molecular weight excluding hydrogens is 210 g/mol. The fraction of sp³-hybridized carbons (Fsp3) is 0.636. The van der Waals surface area contributed by atoms with Crippen LogP contribution < -0.4 is 5.32 Å². The van der Waals surface area contributed by atoms with Crippen LogP contribution in [0.4, 0.5) is 0 Å². The number of rotatable bonds is 2. The van der Waals surface area contributed by atoms with Crippen LogP contribution >= 0.6 is 0 Å². The van der Waals surface area contributed by atoms with Crippen molar-refractivity contribution in [3.63, 3.8) is 0 Å². The van der Waals surface area contributed by atoms with Gasteiger partial charge in [0.15, 0.2) is 9.84 Å². The summed E-state index contributed by atoms with van der Waals surface area (Å²) in [4.78, 5) is 0. The molecule has 2 atom stereocenters. The van der Waals surface area contributed by atoms with Gasteiger partial charge in [0.1, 0.15) is 0 Å². The van der Waals surface area contributed by atoms with Gasteiger partial charge in [0.05, 0.1) is 5.25 Å². The summed E-state index contributed by atoms with van der Waals surface area (Å²) in [5, 5.41) is 3.00. The van der Waals surface area contributed by atoms with Crippen LogP contribution in [-0.2, 0) is 9.84 Å². The largest absolute Gasteiger partial charge is 0.316 e. The normalized spacial score (nSPS) is 31.7. The first-order valence-corrected chi connectivity index (χ1v) is 7.29. The van der Waals surface area contributed by atoms with Crippen molar-refractivity contribution in [2.75, 3.05) is 19.3 Å². The Morgan fingerprint density at radius 3 is 2.87 bits per heavy atom.